The first-order valence-electron chi connectivity index (χ1n) is 6.66. The fraction of sp³-hybridized carbons (Fsp3) is 0.786. The molecule has 1 aliphatic carbocycles. The summed E-state index contributed by atoms with van der Waals surface area (Å²) in [4.78, 5) is 0. The largest absolute Gasteiger partial charge is 0.307 e. The van der Waals surface area contributed by atoms with E-state index in [-0.39, 0.29) is 0 Å². The third-order valence-electron chi connectivity index (χ3n) is 4.45. The van der Waals surface area contributed by atoms with Gasteiger partial charge in [0.15, 0.2) is 0 Å². The molecule has 0 amide bonds. The molecule has 0 saturated heterocycles. The van der Waals surface area contributed by atoms with E-state index in [1.54, 1.807) is 0 Å². The van der Waals surface area contributed by atoms with Gasteiger partial charge in [-0.1, -0.05) is 20.3 Å². The standard InChI is InChI=1S/C14H25N3/c1-10(12-9-15-17(5)11(12)2)16-13-7-6-8-14(13,3)4/h9-10,13,16H,6-8H2,1-5H3. The second kappa shape index (κ2) is 4.45. The molecule has 2 atom stereocenters. The first kappa shape index (κ1) is 12.6. The molecule has 2 rings (SSSR count). The molecular formula is C14H25N3. The summed E-state index contributed by atoms with van der Waals surface area (Å²) in [7, 11) is 2.01. The van der Waals surface area contributed by atoms with Crippen LogP contribution in [0.2, 0.25) is 0 Å². The molecule has 1 fully saturated rings. The molecule has 0 radical (unpaired) electrons. The Kier molecular flexibility index (Phi) is 3.30. The number of aryl methyl sites for hydroxylation is 1. The van der Waals surface area contributed by atoms with Gasteiger partial charge in [0.2, 0.25) is 0 Å². The summed E-state index contributed by atoms with van der Waals surface area (Å²) in [6.07, 6.45) is 5.98. The van der Waals surface area contributed by atoms with Gasteiger partial charge in [-0.3, -0.25) is 4.68 Å². The van der Waals surface area contributed by atoms with E-state index in [1.807, 2.05) is 17.9 Å². The van der Waals surface area contributed by atoms with Crippen LogP contribution in [0, 0.1) is 12.3 Å². The Morgan fingerprint density at radius 1 is 1.53 bits per heavy atom. The molecular weight excluding hydrogens is 210 g/mol. The zero-order valence-corrected chi connectivity index (χ0v) is 11.7. The molecule has 0 spiro atoms. The minimum absolute atomic E-state index is 0.395. The maximum absolute atomic E-state index is 4.32. The summed E-state index contributed by atoms with van der Waals surface area (Å²) in [5, 5.41) is 8.11. The van der Waals surface area contributed by atoms with Crippen molar-refractivity contribution >= 4 is 0 Å². The number of nitrogens with zero attached hydrogens (tertiary/aromatic N) is 2. The molecule has 1 N–H and O–H groups in total. The number of nitrogens with one attached hydrogen (secondary N) is 1. The summed E-state index contributed by atoms with van der Waals surface area (Å²) in [6.45, 7) is 9.14. The van der Waals surface area contributed by atoms with Crippen LogP contribution in [0.15, 0.2) is 6.20 Å². The zero-order chi connectivity index (χ0) is 12.6. The highest BCUT2D eigenvalue weighted by Crippen LogP contribution is 2.38. The van der Waals surface area contributed by atoms with Gasteiger partial charge in [-0.05, 0) is 32.1 Å². The third kappa shape index (κ3) is 2.39. The molecule has 1 aromatic rings. The Morgan fingerprint density at radius 2 is 2.24 bits per heavy atom. The third-order valence-corrected chi connectivity index (χ3v) is 4.45. The van der Waals surface area contributed by atoms with Gasteiger partial charge in [0.25, 0.3) is 0 Å². The summed E-state index contributed by atoms with van der Waals surface area (Å²) in [6, 6.07) is 1.03. The van der Waals surface area contributed by atoms with Crippen molar-refractivity contribution in [1.29, 1.82) is 0 Å². The van der Waals surface area contributed by atoms with Crippen molar-refractivity contribution in [2.24, 2.45) is 12.5 Å². The lowest BCUT2D eigenvalue weighted by Gasteiger charge is -2.30. The molecule has 0 aliphatic heterocycles. The van der Waals surface area contributed by atoms with Crippen LogP contribution in [-0.2, 0) is 7.05 Å². The van der Waals surface area contributed by atoms with E-state index in [4.69, 9.17) is 0 Å². The van der Waals surface area contributed by atoms with Gasteiger partial charge in [0.1, 0.15) is 0 Å². The Hall–Kier alpha value is -0.830. The quantitative estimate of drug-likeness (QED) is 0.873. The van der Waals surface area contributed by atoms with Crippen molar-refractivity contribution in [3.8, 4) is 0 Å². The van der Waals surface area contributed by atoms with E-state index in [9.17, 15) is 0 Å². The lowest BCUT2D eigenvalue weighted by Crippen LogP contribution is -2.39. The highest BCUT2D eigenvalue weighted by Gasteiger charge is 2.35. The average molecular weight is 235 g/mol. The number of rotatable bonds is 3. The fourth-order valence-electron chi connectivity index (χ4n) is 2.97. The van der Waals surface area contributed by atoms with Crippen LogP contribution in [0.5, 0.6) is 0 Å². The molecule has 96 valence electrons. The van der Waals surface area contributed by atoms with E-state index in [0.29, 0.717) is 17.5 Å². The van der Waals surface area contributed by atoms with E-state index in [0.717, 1.165) is 0 Å². The molecule has 1 saturated carbocycles. The Labute approximate surface area is 105 Å². The van der Waals surface area contributed by atoms with Crippen molar-refractivity contribution in [2.45, 2.75) is 59.0 Å². The minimum Gasteiger partial charge on any atom is -0.307 e. The van der Waals surface area contributed by atoms with Crippen LogP contribution in [0.3, 0.4) is 0 Å². The molecule has 0 bridgehead atoms. The first-order chi connectivity index (χ1) is 7.92. The molecule has 1 aliphatic rings. The Balaban J connectivity index is 2.07. The molecule has 17 heavy (non-hydrogen) atoms. The molecule has 2 unspecified atom stereocenters. The van der Waals surface area contributed by atoms with Crippen LogP contribution in [0.4, 0.5) is 0 Å². The van der Waals surface area contributed by atoms with Crippen LogP contribution >= 0.6 is 0 Å². The number of hydrogen-bond acceptors (Lipinski definition) is 2. The molecule has 1 heterocycles. The molecule has 3 nitrogen and oxygen atoms in total. The van der Waals surface area contributed by atoms with Gasteiger partial charge in [0.05, 0.1) is 6.20 Å². The predicted octanol–water partition coefficient (Wildman–Crippen LogP) is 2.96. The Bertz CT molecular complexity index is 392. The van der Waals surface area contributed by atoms with Crippen molar-refractivity contribution in [2.75, 3.05) is 0 Å². The zero-order valence-electron chi connectivity index (χ0n) is 11.7. The normalized spacial score (nSPS) is 25.1. The van der Waals surface area contributed by atoms with Crippen molar-refractivity contribution in [1.82, 2.24) is 15.1 Å². The first-order valence-corrected chi connectivity index (χ1v) is 6.66. The molecule has 1 aromatic heterocycles. The fourth-order valence-corrected chi connectivity index (χ4v) is 2.97. The van der Waals surface area contributed by atoms with Crippen molar-refractivity contribution < 1.29 is 0 Å². The van der Waals surface area contributed by atoms with Crippen molar-refractivity contribution in [3.63, 3.8) is 0 Å². The maximum Gasteiger partial charge on any atom is 0.0540 e. The second-order valence-electron chi connectivity index (χ2n) is 6.13. The maximum atomic E-state index is 4.32. The van der Waals surface area contributed by atoms with Crippen LogP contribution in [0.1, 0.15) is 57.3 Å². The lowest BCUT2D eigenvalue weighted by molar-refractivity contribution is 0.266. The van der Waals surface area contributed by atoms with Gasteiger partial charge in [0, 0.05) is 30.4 Å². The Morgan fingerprint density at radius 3 is 2.71 bits per heavy atom. The lowest BCUT2D eigenvalue weighted by atomic mass is 9.87. The highest BCUT2D eigenvalue weighted by molar-refractivity contribution is 5.20. The smallest absolute Gasteiger partial charge is 0.0540 e. The van der Waals surface area contributed by atoms with Crippen LogP contribution in [-0.4, -0.2) is 15.8 Å². The number of aromatic nitrogens is 2. The SMILES string of the molecule is Cc1c(C(C)NC2CCCC2(C)C)cnn1C. The monoisotopic (exact) mass is 235 g/mol. The van der Waals surface area contributed by atoms with Gasteiger partial charge in [-0.25, -0.2) is 0 Å². The second-order valence-corrected chi connectivity index (χ2v) is 6.13. The number of hydrogen-bond donors (Lipinski definition) is 1. The van der Waals surface area contributed by atoms with Gasteiger partial charge < -0.3 is 5.32 Å². The van der Waals surface area contributed by atoms with Crippen LogP contribution in [0.25, 0.3) is 0 Å². The average Bonchev–Trinajstić information content (AvgIpc) is 2.73. The van der Waals surface area contributed by atoms with Gasteiger partial charge in [-0.2, -0.15) is 5.10 Å². The van der Waals surface area contributed by atoms with Gasteiger partial charge in [-0.15, -0.1) is 0 Å². The highest BCUT2D eigenvalue weighted by atomic mass is 15.3. The van der Waals surface area contributed by atoms with Gasteiger partial charge >= 0.3 is 0 Å². The molecule has 3 heteroatoms. The summed E-state index contributed by atoms with van der Waals surface area (Å²) in [5.41, 5.74) is 3.03. The topological polar surface area (TPSA) is 29.9 Å². The summed E-state index contributed by atoms with van der Waals surface area (Å²) in [5.74, 6) is 0. The summed E-state index contributed by atoms with van der Waals surface area (Å²) < 4.78 is 1.95. The van der Waals surface area contributed by atoms with Crippen LogP contribution < -0.4 is 5.32 Å². The van der Waals surface area contributed by atoms with E-state index in [1.165, 1.54) is 30.5 Å². The van der Waals surface area contributed by atoms with E-state index in [2.05, 4.69) is 38.1 Å². The predicted molar refractivity (Wildman–Crippen MR) is 70.9 cm³/mol. The minimum atomic E-state index is 0.395. The summed E-state index contributed by atoms with van der Waals surface area (Å²) >= 11 is 0. The molecule has 0 aromatic carbocycles. The van der Waals surface area contributed by atoms with E-state index >= 15 is 0 Å². The van der Waals surface area contributed by atoms with E-state index < -0.39 is 0 Å². The van der Waals surface area contributed by atoms with Crippen molar-refractivity contribution in [3.05, 3.63) is 17.5 Å².